The Bertz CT molecular complexity index is 704. The Morgan fingerprint density at radius 2 is 2.18 bits per heavy atom. The van der Waals surface area contributed by atoms with Crippen LogP contribution < -0.4 is 0 Å². The van der Waals surface area contributed by atoms with Crippen molar-refractivity contribution in [3.8, 4) is 0 Å². The van der Waals surface area contributed by atoms with Crippen LogP contribution in [0.2, 0.25) is 0 Å². The molecule has 1 unspecified atom stereocenters. The smallest absolute Gasteiger partial charge is 0.256 e. The predicted octanol–water partition coefficient (Wildman–Crippen LogP) is 3.14. The van der Waals surface area contributed by atoms with Crippen LogP contribution in [0.15, 0.2) is 18.2 Å². The Kier molecular flexibility index (Phi) is 4.15. The van der Waals surface area contributed by atoms with Gasteiger partial charge in [-0.1, -0.05) is 0 Å². The normalized spacial score (nSPS) is 18.5. The van der Waals surface area contributed by atoms with E-state index in [0.717, 1.165) is 35.0 Å². The SMILES string of the molecule is Cc1nnc(C2CCCN(C(=O)c3ccc(F)cc3F)C2)s1. The lowest BCUT2D eigenvalue weighted by Crippen LogP contribution is -2.39. The minimum Gasteiger partial charge on any atom is -0.338 e. The van der Waals surface area contributed by atoms with Crippen molar-refractivity contribution < 1.29 is 13.6 Å². The molecule has 0 saturated carbocycles. The van der Waals surface area contributed by atoms with Crippen LogP contribution >= 0.6 is 11.3 Å². The maximum atomic E-state index is 13.8. The lowest BCUT2D eigenvalue weighted by Gasteiger charge is -2.31. The van der Waals surface area contributed by atoms with Gasteiger partial charge in [-0.05, 0) is 31.9 Å². The van der Waals surface area contributed by atoms with Crippen LogP contribution in [0.25, 0.3) is 0 Å². The second-order valence-corrected chi connectivity index (χ2v) is 6.59. The van der Waals surface area contributed by atoms with E-state index < -0.39 is 17.5 Å². The highest BCUT2D eigenvalue weighted by molar-refractivity contribution is 7.11. The van der Waals surface area contributed by atoms with Crippen LogP contribution in [-0.4, -0.2) is 34.1 Å². The third-order valence-electron chi connectivity index (χ3n) is 3.76. The number of piperidine rings is 1. The van der Waals surface area contributed by atoms with E-state index in [-0.39, 0.29) is 11.5 Å². The fourth-order valence-electron chi connectivity index (χ4n) is 2.67. The molecule has 1 atom stereocenters. The quantitative estimate of drug-likeness (QED) is 0.853. The molecule has 22 heavy (non-hydrogen) atoms. The minimum atomic E-state index is -0.820. The summed E-state index contributed by atoms with van der Waals surface area (Å²) in [5.74, 6) is -1.77. The van der Waals surface area contributed by atoms with Crippen molar-refractivity contribution in [3.05, 3.63) is 45.4 Å². The van der Waals surface area contributed by atoms with Crippen LogP contribution in [0, 0.1) is 18.6 Å². The second kappa shape index (κ2) is 6.08. The predicted molar refractivity (Wildman–Crippen MR) is 78.9 cm³/mol. The van der Waals surface area contributed by atoms with Gasteiger partial charge in [0, 0.05) is 25.1 Å². The van der Waals surface area contributed by atoms with Gasteiger partial charge in [-0.25, -0.2) is 8.78 Å². The summed E-state index contributed by atoms with van der Waals surface area (Å²) in [6, 6.07) is 3.04. The number of likely N-dealkylation sites (tertiary alicyclic amines) is 1. The average molecular weight is 323 g/mol. The van der Waals surface area contributed by atoms with Crippen LogP contribution in [0.3, 0.4) is 0 Å². The van der Waals surface area contributed by atoms with Gasteiger partial charge >= 0.3 is 0 Å². The number of hydrogen-bond acceptors (Lipinski definition) is 4. The molecule has 1 amide bonds. The molecule has 1 aromatic heterocycles. The van der Waals surface area contributed by atoms with Gasteiger partial charge < -0.3 is 4.90 Å². The van der Waals surface area contributed by atoms with Gasteiger partial charge in [-0.2, -0.15) is 0 Å². The van der Waals surface area contributed by atoms with E-state index in [4.69, 9.17) is 0 Å². The topological polar surface area (TPSA) is 46.1 Å². The summed E-state index contributed by atoms with van der Waals surface area (Å²) in [4.78, 5) is 14.1. The maximum absolute atomic E-state index is 13.8. The Balaban J connectivity index is 1.78. The highest BCUT2D eigenvalue weighted by atomic mass is 32.1. The average Bonchev–Trinajstić information content (AvgIpc) is 2.93. The van der Waals surface area contributed by atoms with Gasteiger partial charge in [0.2, 0.25) is 0 Å². The zero-order valence-electron chi connectivity index (χ0n) is 12.1. The number of carbonyl (C=O) groups is 1. The van der Waals surface area contributed by atoms with E-state index in [1.54, 1.807) is 4.90 Å². The molecule has 4 nitrogen and oxygen atoms in total. The van der Waals surface area contributed by atoms with E-state index in [1.807, 2.05) is 6.92 Å². The molecule has 1 saturated heterocycles. The number of aromatic nitrogens is 2. The third-order valence-corrected chi connectivity index (χ3v) is 4.76. The first-order valence-electron chi connectivity index (χ1n) is 7.09. The summed E-state index contributed by atoms with van der Waals surface area (Å²) in [5, 5.41) is 9.95. The van der Waals surface area contributed by atoms with Crippen LogP contribution in [-0.2, 0) is 0 Å². The fraction of sp³-hybridized carbons (Fsp3) is 0.400. The van der Waals surface area contributed by atoms with Gasteiger partial charge in [0.25, 0.3) is 5.91 Å². The standard InChI is InChI=1S/C15H15F2N3OS/c1-9-18-19-14(22-9)10-3-2-6-20(8-10)15(21)12-5-4-11(16)7-13(12)17/h4-5,7,10H,2-3,6,8H2,1H3. The first-order chi connectivity index (χ1) is 10.5. The second-order valence-electron chi connectivity index (χ2n) is 5.37. The molecule has 0 spiro atoms. The summed E-state index contributed by atoms with van der Waals surface area (Å²) < 4.78 is 26.7. The molecule has 2 heterocycles. The fourth-order valence-corrected chi connectivity index (χ4v) is 3.50. The van der Waals surface area contributed by atoms with Crippen molar-refractivity contribution in [2.45, 2.75) is 25.7 Å². The largest absolute Gasteiger partial charge is 0.338 e. The summed E-state index contributed by atoms with van der Waals surface area (Å²) in [6.07, 6.45) is 1.77. The first kappa shape index (κ1) is 15.0. The van der Waals surface area contributed by atoms with Crippen molar-refractivity contribution in [1.82, 2.24) is 15.1 Å². The summed E-state index contributed by atoms with van der Waals surface area (Å²) >= 11 is 1.53. The van der Waals surface area contributed by atoms with Gasteiger partial charge in [0.05, 0.1) is 5.56 Å². The van der Waals surface area contributed by atoms with E-state index in [2.05, 4.69) is 10.2 Å². The molecule has 3 rings (SSSR count). The number of aryl methyl sites for hydroxylation is 1. The Morgan fingerprint density at radius 3 is 2.86 bits per heavy atom. The molecule has 1 aliphatic heterocycles. The number of hydrogen-bond donors (Lipinski definition) is 0. The molecular formula is C15H15F2N3OS. The molecule has 0 radical (unpaired) electrons. The maximum Gasteiger partial charge on any atom is 0.256 e. The van der Waals surface area contributed by atoms with Crippen molar-refractivity contribution in [2.24, 2.45) is 0 Å². The van der Waals surface area contributed by atoms with Crippen LogP contribution in [0.1, 0.15) is 39.1 Å². The van der Waals surface area contributed by atoms with E-state index in [0.29, 0.717) is 13.1 Å². The Hall–Kier alpha value is -1.89. The van der Waals surface area contributed by atoms with Crippen molar-refractivity contribution in [3.63, 3.8) is 0 Å². The lowest BCUT2D eigenvalue weighted by molar-refractivity contribution is 0.0702. The van der Waals surface area contributed by atoms with Gasteiger partial charge in [-0.15, -0.1) is 21.5 Å². The summed E-state index contributed by atoms with van der Waals surface area (Å²) in [6.45, 7) is 2.95. The summed E-state index contributed by atoms with van der Waals surface area (Å²) in [5.41, 5.74) is -0.0875. The number of nitrogens with zero attached hydrogens (tertiary/aromatic N) is 3. The highest BCUT2D eigenvalue weighted by Gasteiger charge is 2.28. The molecule has 1 aromatic carbocycles. The molecule has 1 fully saturated rings. The number of benzene rings is 1. The molecular weight excluding hydrogens is 308 g/mol. The molecule has 116 valence electrons. The first-order valence-corrected chi connectivity index (χ1v) is 7.90. The lowest BCUT2D eigenvalue weighted by atomic mass is 9.98. The Labute approximate surface area is 130 Å². The van der Waals surface area contributed by atoms with E-state index in [9.17, 15) is 13.6 Å². The van der Waals surface area contributed by atoms with Crippen LogP contribution in [0.5, 0.6) is 0 Å². The summed E-state index contributed by atoms with van der Waals surface area (Å²) in [7, 11) is 0. The third kappa shape index (κ3) is 2.99. The van der Waals surface area contributed by atoms with Crippen molar-refractivity contribution in [1.29, 1.82) is 0 Å². The monoisotopic (exact) mass is 323 g/mol. The van der Waals surface area contributed by atoms with Crippen LogP contribution in [0.4, 0.5) is 8.78 Å². The number of amides is 1. The van der Waals surface area contributed by atoms with Gasteiger partial charge in [0.15, 0.2) is 0 Å². The number of rotatable bonds is 2. The molecule has 2 aromatic rings. The van der Waals surface area contributed by atoms with E-state index in [1.165, 1.54) is 17.4 Å². The minimum absolute atomic E-state index is 0.0875. The molecule has 0 aliphatic carbocycles. The van der Waals surface area contributed by atoms with E-state index >= 15 is 0 Å². The molecule has 0 N–H and O–H groups in total. The highest BCUT2D eigenvalue weighted by Crippen LogP contribution is 2.29. The van der Waals surface area contributed by atoms with Gasteiger partial charge in [-0.3, -0.25) is 4.79 Å². The molecule has 0 bridgehead atoms. The zero-order valence-corrected chi connectivity index (χ0v) is 12.9. The number of halogens is 2. The van der Waals surface area contributed by atoms with Crippen molar-refractivity contribution >= 4 is 17.2 Å². The molecule has 1 aliphatic rings. The zero-order chi connectivity index (χ0) is 15.7. The Morgan fingerprint density at radius 1 is 1.36 bits per heavy atom. The van der Waals surface area contributed by atoms with Crippen molar-refractivity contribution in [2.75, 3.05) is 13.1 Å². The molecule has 7 heteroatoms. The number of carbonyl (C=O) groups excluding carboxylic acids is 1. The van der Waals surface area contributed by atoms with Gasteiger partial charge in [0.1, 0.15) is 21.6 Å².